The fraction of sp³-hybridized carbons (Fsp3) is 0.263. The van der Waals surface area contributed by atoms with Gasteiger partial charge >= 0.3 is 0 Å². The van der Waals surface area contributed by atoms with Crippen molar-refractivity contribution in [3.05, 3.63) is 60.0 Å². The molecular formula is C19H18N4O4S. The molecule has 0 saturated carbocycles. The van der Waals surface area contributed by atoms with E-state index in [1.54, 1.807) is 30.5 Å². The highest BCUT2D eigenvalue weighted by Gasteiger charge is 2.30. The summed E-state index contributed by atoms with van der Waals surface area (Å²) in [6.45, 7) is 2.40. The summed E-state index contributed by atoms with van der Waals surface area (Å²) in [5.41, 5.74) is 0.926. The average Bonchev–Trinajstić information content (AvgIpc) is 3.40. The molecule has 0 atom stereocenters. The molecule has 0 aliphatic carbocycles. The van der Waals surface area contributed by atoms with Crippen molar-refractivity contribution in [2.75, 3.05) is 26.2 Å². The number of nitrogens with zero attached hydrogens (tertiary/aromatic N) is 4. The van der Waals surface area contributed by atoms with Crippen LogP contribution in [0.4, 0.5) is 0 Å². The van der Waals surface area contributed by atoms with Crippen LogP contribution in [-0.4, -0.2) is 49.0 Å². The van der Waals surface area contributed by atoms with Crippen LogP contribution < -0.4 is 0 Å². The van der Waals surface area contributed by atoms with Gasteiger partial charge in [0.25, 0.3) is 0 Å². The van der Waals surface area contributed by atoms with Crippen LogP contribution in [0, 0.1) is 11.3 Å². The van der Waals surface area contributed by atoms with E-state index in [0.717, 1.165) is 5.69 Å². The highest BCUT2D eigenvalue weighted by Crippen LogP contribution is 2.23. The van der Waals surface area contributed by atoms with Crippen molar-refractivity contribution in [3.8, 4) is 17.6 Å². The zero-order valence-electron chi connectivity index (χ0n) is 15.0. The molecule has 0 bridgehead atoms. The molecule has 0 spiro atoms. The van der Waals surface area contributed by atoms with E-state index in [4.69, 9.17) is 8.94 Å². The third kappa shape index (κ3) is 3.57. The molecule has 2 aromatic heterocycles. The van der Waals surface area contributed by atoms with Gasteiger partial charge in [0.15, 0.2) is 5.76 Å². The van der Waals surface area contributed by atoms with Crippen molar-refractivity contribution in [3.63, 3.8) is 0 Å². The largest absolute Gasteiger partial charge is 0.461 e. The molecule has 1 fully saturated rings. The highest BCUT2D eigenvalue weighted by atomic mass is 32.2. The highest BCUT2D eigenvalue weighted by molar-refractivity contribution is 7.89. The molecule has 1 saturated heterocycles. The first-order valence-corrected chi connectivity index (χ1v) is 10.2. The number of hydrogen-bond acceptors (Lipinski definition) is 7. The van der Waals surface area contributed by atoms with Crippen LogP contribution in [0.2, 0.25) is 0 Å². The number of nitriles is 1. The van der Waals surface area contributed by atoms with Gasteiger partial charge in [0.2, 0.25) is 15.8 Å². The topological polar surface area (TPSA) is 104 Å². The first kappa shape index (κ1) is 18.4. The Morgan fingerprint density at radius 3 is 2.57 bits per heavy atom. The van der Waals surface area contributed by atoms with Gasteiger partial charge < -0.3 is 8.94 Å². The van der Waals surface area contributed by atoms with E-state index in [0.29, 0.717) is 44.2 Å². The van der Waals surface area contributed by atoms with E-state index in [2.05, 4.69) is 10.1 Å². The SMILES string of the molecule is N#Cc1ccccc1S(=O)(=O)N1CCN(Cc2cc(-c3ccco3)on2)CC1. The Bertz CT molecular complexity index is 1090. The van der Waals surface area contributed by atoms with Crippen molar-refractivity contribution in [2.24, 2.45) is 0 Å². The van der Waals surface area contributed by atoms with Gasteiger partial charge in [0.05, 0.1) is 22.4 Å². The Balaban J connectivity index is 1.40. The molecule has 0 N–H and O–H groups in total. The number of sulfonamides is 1. The summed E-state index contributed by atoms with van der Waals surface area (Å²) in [6.07, 6.45) is 1.57. The molecule has 3 heterocycles. The van der Waals surface area contributed by atoms with Crippen molar-refractivity contribution in [1.29, 1.82) is 5.26 Å². The van der Waals surface area contributed by atoms with Gasteiger partial charge in [-0.3, -0.25) is 4.90 Å². The summed E-state index contributed by atoms with van der Waals surface area (Å²) < 4.78 is 37.8. The third-order valence-electron chi connectivity index (χ3n) is 4.67. The molecule has 0 amide bonds. The molecule has 1 aromatic carbocycles. The Hall–Kier alpha value is -2.93. The van der Waals surface area contributed by atoms with Crippen LogP contribution in [-0.2, 0) is 16.6 Å². The molecule has 1 aliphatic heterocycles. The normalized spacial score (nSPS) is 16.1. The van der Waals surface area contributed by atoms with Gasteiger partial charge in [-0.2, -0.15) is 9.57 Å². The maximum atomic E-state index is 12.9. The first-order chi connectivity index (χ1) is 13.6. The lowest BCUT2D eigenvalue weighted by molar-refractivity contribution is 0.178. The van der Waals surface area contributed by atoms with Crippen LogP contribution in [0.3, 0.4) is 0 Å². The zero-order valence-corrected chi connectivity index (χ0v) is 15.8. The standard InChI is InChI=1S/C19H18N4O4S/c20-13-15-4-1-2-6-19(15)28(24,25)23-9-7-22(8-10-23)14-16-12-18(27-21-16)17-5-3-11-26-17/h1-6,11-12H,7-10,14H2. The van der Waals surface area contributed by atoms with Gasteiger partial charge in [0, 0.05) is 38.8 Å². The third-order valence-corrected chi connectivity index (χ3v) is 6.62. The van der Waals surface area contributed by atoms with Crippen molar-refractivity contribution >= 4 is 10.0 Å². The summed E-state index contributed by atoms with van der Waals surface area (Å²) in [6, 6.07) is 13.6. The number of piperazine rings is 1. The van der Waals surface area contributed by atoms with E-state index in [-0.39, 0.29) is 10.5 Å². The summed E-state index contributed by atoms with van der Waals surface area (Å²) >= 11 is 0. The molecule has 0 radical (unpaired) electrons. The maximum absolute atomic E-state index is 12.9. The molecule has 28 heavy (non-hydrogen) atoms. The molecule has 4 rings (SSSR count). The minimum absolute atomic E-state index is 0.0607. The summed E-state index contributed by atoms with van der Waals surface area (Å²) in [5.74, 6) is 1.18. The lowest BCUT2D eigenvalue weighted by Gasteiger charge is -2.33. The number of rotatable bonds is 5. The minimum Gasteiger partial charge on any atom is -0.461 e. The Morgan fingerprint density at radius 1 is 1.07 bits per heavy atom. The number of hydrogen-bond donors (Lipinski definition) is 0. The van der Waals surface area contributed by atoms with Crippen molar-refractivity contribution in [1.82, 2.24) is 14.4 Å². The van der Waals surface area contributed by atoms with Gasteiger partial charge in [-0.1, -0.05) is 17.3 Å². The molecule has 8 nitrogen and oxygen atoms in total. The van der Waals surface area contributed by atoms with Crippen LogP contribution in [0.15, 0.2) is 62.6 Å². The summed E-state index contributed by atoms with van der Waals surface area (Å²) in [5, 5.41) is 13.3. The van der Waals surface area contributed by atoms with Gasteiger partial charge in [-0.05, 0) is 24.3 Å². The minimum atomic E-state index is -3.69. The fourth-order valence-electron chi connectivity index (χ4n) is 3.20. The van der Waals surface area contributed by atoms with Crippen LogP contribution in [0.25, 0.3) is 11.5 Å². The molecule has 9 heteroatoms. The maximum Gasteiger partial charge on any atom is 0.244 e. The first-order valence-electron chi connectivity index (χ1n) is 8.79. The predicted octanol–water partition coefficient (Wildman–Crippen LogP) is 2.31. The molecular weight excluding hydrogens is 380 g/mol. The van der Waals surface area contributed by atoms with Crippen LogP contribution in [0.1, 0.15) is 11.3 Å². The molecule has 144 valence electrons. The Kier molecular flexibility index (Phi) is 5.00. The van der Waals surface area contributed by atoms with Gasteiger partial charge in [-0.15, -0.1) is 0 Å². The second-order valence-electron chi connectivity index (χ2n) is 6.45. The fourth-order valence-corrected chi connectivity index (χ4v) is 4.77. The van der Waals surface area contributed by atoms with E-state index in [1.807, 2.05) is 12.1 Å². The average molecular weight is 398 g/mol. The van der Waals surface area contributed by atoms with Crippen molar-refractivity contribution < 1.29 is 17.4 Å². The summed E-state index contributed by atoms with van der Waals surface area (Å²) in [4.78, 5) is 2.18. The molecule has 1 aliphatic rings. The van der Waals surface area contributed by atoms with E-state index in [1.165, 1.54) is 16.4 Å². The second-order valence-corrected chi connectivity index (χ2v) is 8.35. The number of aromatic nitrogens is 1. The van der Waals surface area contributed by atoms with E-state index >= 15 is 0 Å². The monoisotopic (exact) mass is 398 g/mol. The van der Waals surface area contributed by atoms with Crippen LogP contribution in [0.5, 0.6) is 0 Å². The second kappa shape index (κ2) is 7.59. The quantitative estimate of drug-likeness (QED) is 0.649. The molecule has 0 unspecified atom stereocenters. The van der Waals surface area contributed by atoms with Crippen molar-refractivity contribution in [2.45, 2.75) is 11.4 Å². The predicted molar refractivity (Wildman–Crippen MR) is 99.4 cm³/mol. The van der Waals surface area contributed by atoms with Gasteiger partial charge in [0.1, 0.15) is 6.07 Å². The Labute approximate surface area is 162 Å². The van der Waals surface area contributed by atoms with Crippen LogP contribution >= 0.6 is 0 Å². The zero-order chi connectivity index (χ0) is 19.6. The lowest BCUT2D eigenvalue weighted by atomic mass is 10.2. The number of benzene rings is 1. The Morgan fingerprint density at radius 2 is 1.86 bits per heavy atom. The number of furan rings is 1. The molecule has 3 aromatic rings. The lowest BCUT2D eigenvalue weighted by Crippen LogP contribution is -2.48. The van der Waals surface area contributed by atoms with E-state index in [9.17, 15) is 13.7 Å². The smallest absolute Gasteiger partial charge is 0.244 e. The van der Waals surface area contributed by atoms with E-state index < -0.39 is 10.0 Å². The van der Waals surface area contributed by atoms with Gasteiger partial charge in [-0.25, -0.2) is 8.42 Å². The summed E-state index contributed by atoms with van der Waals surface area (Å²) in [7, 11) is -3.69.